The number of hydrogen-bond acceptors (Lipinski definition) is 4. The molecule has 0 fully saturated rings. The van der Waals surface area contributed by atoms with Gasteiger partial charge in [-0.3, -0.25) is 14.4 Å². The summed E-state index contributed by atoms with van der Waals surface area (Å²) >= 11 is 0. The number of rotatable bonds is 3. The van der Waals surface area contributed by atoms with E-state index in [1.807, 2.05) is 0 Å². The molecular formula is C15H16O4. The maximum atomic E-state index is 12.1. The molecule has 0 aromatic carbocycles. The van der Waals surface area contributed by atoms with Gasteiger partial charge in [-0.25, -0.2) is 0 Å². The molecule has 0 bridgehead atoms. The third-order valence-corrected chi connectivity index (χ3v) is 3.63. The highest BCUT2D eigenvalue weighted by atomic mass is 16.3. The van der Waals surface area contributed by atoms with Gasteiger partial charge >= 0.3 is 0 Å². The second-order valence-corrected chi connectivity index (χ2v) is 5.01. The molecule has 1 aliphatic rings. The molecule has 0 amide bonds. The summed E-state index contributed by atoms with van der Waals surface area (Å²) in [5.41, 5.74) is 0.691. The number of furan rings is 1. The molecule has 0 aliphatic heterocycles. The van der Waals surface area contributed by atoms with Gasteiger partial charge in [0, 0.05) is 11.8 Å². The van der Waals surface area contributed by atoms with Crippen LogP contribution in [0.3, 0.4) is 0 Å². The molecule has 0 N–H and O–H groups in total. The summed E-state index contributed by atoms with van der Waals surface area (Å²) in [6, 6.07) is 3.41. The number of hydrogen-bond donors (Lipinski definition) is 0. The molecule has 4 heteroatoms. The molecule has 3 unspecified atom stereocenters. The van der Waals surface area contributed by atoms with Crippen molar-refractivity contribution in [3.63, 3.8) is 0 Å². The minimum atomic E-state index is -0.830. The quantitative estimate of drug-likeness (QED) is 0.782. The first-order chi connectivity index (χ1) is 8.93. The lowest BCUT2D eigenvalue weighted by Crippen LogP contribution is -2.38. The Balaban J connectivity index is 2.58. The topological polar surface area (TPSA) is 64.3 Å². The van der Waals surface area contributed by atoms with E-state index < -0.39 is 17.8 Å². The highest BCUT2D eigenvalue weighted by Gasteiger charge is 2.44. The van der Waals surface area contributed by atoms with Gasteiger partial charge in [-0.15, -0.1) is 0 Å². The molecule has 0 radical (unpaired) electrons. The van der Waals surface area contributed by atoms with Crippen LogP contribution < -0.4 is 0 Å². The Morgan fingerprint density at radius 3 is 2.26 bits per heavy atom. The van der Waals surface area contributed by atoms with Crippen molar-refractivity contribution >= 4 is 17.3 Å². The van der Waals surface area contributed by atoms with E-state index in [9.17, 15) is 14.4 Å². The normalized spacial score (nSPS) is 27.0. The second kappa shape index (κ2) is 4.96. The van der Waals surface area contributed by atoms with Crippen LogP contribution in [0.2, 0.25) is 0 Å². The van der Waals surface area contributed by atoms with E-state index in [2.05, 4.69) is 0 Å². The Labute approximate surface area is 111 Å². The fourth-order valence-electron chi connectivity index (χ4n) is 2.89. The highest BCUT2D eigenvalue weighted by Crippen LogP contribution is 2.41. The lowest BCUT2D eigenvalue weighted by atomic mass is 9.68. The van der Waals surface area contributed by atoms with Crippen molar-refractivity contribution < 1.29 is 18.8 Å². The fraction of sp³-hybridized carbons (Fsp3) is 0.400. The molecule has 2 rings (SSSR count). The van der Waals surface area contributed by atoms with Crippen LogP contribution in [-0.4, -0.2) is 17.3 Å². The van der Waals surface area contributed by atoms with Crippen molar-refractivity contribution in [3.05, 3.63) is 35.8 Å². The summed E-state index contributed by atoms with van der Waals surface area (Å²) in [5, 5.41) is 0. The fourth-order valence-corrected chi connectivity index (χ4v) is 2.89. The zero-order chi connectivity index (χ0) is 14.2. The van der Waals surface area contributed by atoms with E-state index in [4.69, 9.17) is 4.42 Å². The summed E-state index contributed by atoms with van der Waals surface area (Å²) in [4.78, 5) is 35.7. The van der Waals surface area contributed by atoms with Gasteiger partial charge in [0.1, 0.15) is 17.3 Å². The van der Waals surface area contributed by atoms with Crippen molar-refractivity contribution in [2.75, 3.05) is 0 Å². The first-order valence-corrected chi connectivity index (χ1v) is 6.19. The molecule has 4 nitrogen and oxygen atoms in total. The molecular weight excluding hydrogens is 244 g/mol. The van der Waals surface area contributed by atoms with Crippen molar-refractivity contribution in [3.8, 4) is 0 Å². The SMILES string of the molecule is CC(=O)C1C(=O)C=C(C)C(C(C)=O)C1c1ccco1. The van der Waals surface area contributed by atoms with Crippen LogP contribution in [0.1, 0.15) is 32.4 Å². The van der Waals surface area contributed by atoms with Gasteiger partial charge < -0.3 is 4.42 Å². The lowest BCUT2D eigenvalue weighted by Gasteiger charge is -2.32. The smallest absolute Gasteiger partial charge is 0.166 e. The summed E-state index contributed by atoms with van der Waals surface area (Å²) in [7, 11) is 0. The first kappa shape index (κ1) is 13.5. The van der Waals surface area contributed by atoms with Gasteiger partial charge in [0.15, 0.2) is 5.78 Å². The van der Waals surface area contributed by atoms with Crippen LogP contribution in [0.15, 0.2) is 34.5 Å². The largest absolute Gasteiger partial charge is 0.469 e. The summed E-state index contributed by atoms with van der Waals surface area (Å²) in [6.07, 6.45) is 2.90. The monoisotopic (exact) mass is 260 g/mol. The molecule has 19 heavy (non-hydrogen) atoms. The molecule has 1 aromatic heterocycles. The van der Waals surface area contributed by atoms with Gasteiger partial charge in [0.2, 0.25) is 0 Å². The van der Waals surface area contributed by atoms with E-state index in [-0.39, 0.29) is 17.3 Å². The third-order valence-electron chi connectivity index (χ3n) is 3.63. The van der Waals surface area contributed by atoms with Crippen molar-refractivity contribution in [2.24, 2.45) is 11.8 Å². The minimum Gasteiger partial charge on any atom is -0.469 e. The zero-order valence-electron chi connectivity index (χ0n) is 11.2. The second-order valence-electron chi connectivity index (χ2n) is 5.01. The van der Waals surface area contributed by atoms with Crippen LogP contribution in [0.25, 0.3) is 0 Å². The van der Waals surface area contributed by atoms with E-state index in [1.165, 1.54) is 26.2 Å². The maximum Gasteiger partial charge on any atom is 0.166 e. The first-order valence-electron chi connectivity index (χ1n) is 6.19. The Bertz CT molecular complexity index is 551. The summed E-state index contributed by atoms with van der Waals surface area (Å²) in [6.45, 7) is 4.60. The lowest BCUT2D eigenvalue weighted by molar-refractivity contribution is -0.132. The van der Waals surface area contributed by atoms with Crippen LogP contribution in [0.5, 0.6) is 0 Å². The highest BCUT2D eigenvalue weighted by molar-refractivity contribution is 6.10. The third kappa shape index (κ3) is 2.30. The van der Waals surface area contributed by atoms with E-state index in [0.29, 0.717) is 11.3 Å². The number of ketones is 3. The van der Waals surface area contributed by atoms with E-state index >= 15 is 0 Å². The molecule has 100 valence electrons. The minimum absolute atomic E-state index is 0.0612. The van der Waals surface area contributed by atoms with Crippen molar-refractivity contribution in [2.45, 2.75) is 26.7 Å². The van der Waals surface area contributed by atoms with Gasteiger partial charge in [0.25, 0.3) is 0 Å². The van der Waals surface area contributed by atoms with Gasteiger partial charge in [-0.2, -0.15) is 0 Å². The molecule has 0 spiro atoms. The molecule has 1 aliphatic carbocycles. The van der Waals surface area contributed by atoms with Crippen molar-refractivity contribution in [1.82, 2.24) is 0 Å². The number of Topliss-reactive ketones (excluding diaryl/α,β-unsaturated/α-hetero) is 2. The average Bonchev–Trinajstić information content (AvgIpc) is 2.79. The standard InChI is InChI=1S/C15H16O4/c1-8-7-11(18)14(10(3)17)15(13(8)9(2)16)12-5-4-6-19-12/h4-7,13-15H,1-3H3. The predicted octanol–water partition coefficient (Wildman–Crippen LogP) is 2.30. The van der Waals surface area contributed by atoms with E-state index in [1.54, 1.807) is 19.1 Å². The van der Waals surface area contributed by atoms with Crippen LogP contribution in [0, 0.1) is 11.8 Å². The molecule has 0 saturated carbocycles. The van der Waals surface area contributed by atoms with Gasteiger partial charge in [-0.05, 0) is 39.0 Å². The van der Waals surface area contributed by atoms with Gasteiger partial charge in [-0.1, -0.05) is 5.57 Å². The number of allylic oxidation sites excluding steroid dienone is 2. The number of carbonyl (C=O) groups excluding carboxylic acids is 3. The average molecular weight is 260 g/mol. The maximum absolute atomic E-state index is 12.1. The summed E-state index contributed by atoms with van der Waals surface area (Å²) < 4.78 is 5.35. The van der Waals surface area contributed by atoms with Crippen LogP contribution in [-0.2, 0) is 14.4 Å². The van der Waals surface area contributed by atoms with Gasteiger partial charge in [0.05, 0.1) is 12.2 Å². The Kier molecular flexibility index (Phi) is 3.51. The Morgan fingerprint density at radius 2 is 1.79 bits per heavy atom. The van der Waals surface area contributed by atoms with Crippen LogP contribution >= 0.6 is 0 Å². The molecule has 1 aromatic rings. The Hall–Kier alpha value is -1.97. The molecule has 0 saturated heterocycles. The molecule has 1 heterocycles. The Morgan fingerprint density at radius 1 is 1.16 bits per heavy atom. The zero-order valence-corrected chi connectivity index (χ0v) is 11.2. The van der Waals surface area contributed by atoms with E-state index in [0.717, 1.165) is 0 Å². The van der Waals surface area contributed by atoms with Crippen LogP contribution in [0.4, 0.5) is 0 Å². The molecule has 3 atom stereocenters. The van der Waals surface area contributed by atoms with Crippen molar-refractivity contribution in [1.29, 1.82) is 0 Å². The number of carbonyl (C=O) groups is 3. The predicted molar refractivity (Wildman–Crippen MR) is 68.6 cm³/mol. The summed E-state index contributed by atoms with van der Waals surface area (Å²) in [5.74, 6) is -1.86.